The molecule has 4 atom stereocenters. The SMILES string of the molecule is OC(COc1cccc2ncccc12)CN1CCN(C2c3ccccc3C3[C@H](c4ccccc42)C3(F)F)CC1. The van der Waals surface area contributed by atoms with Crippen LogP contribution in [0.25, 0.3) is 10.9 Å². The maximum Gasteiger partial charge on any atom is 0.263 e. The molecule has 3 aliphatic rings. The summed E-state index contributed by atoms with van der Waals surface area (Å²) in [4.78, 5) is 9.04. The first-order valence-corrected chi connectivity index (χ1v) is 13.7. The summed E-state index contributed by atoms with van der Waals surface area (Å²) >= 11 is 0. The van der Waals surface area contributed by atoms with Crippen LogP contribution >= 0.6 is 0 Å². The fourth-order valence-corrected chi connectivity index (χ4v) is 6.69. The van der Waals surface area contributed by atoms with Gasteiger partial charge in [-0.05, 0) is 46.5 Å². The Morgan fingerprint density at radius 3 is 2.13 bits per heavy atom. The molecule has 1 aliphatic heterocycles. The Morgan fingerprint density at radius 1 is 0.821 bits per heavy atom. The Morgan fingerprint density at radius 2 is 1.46 bits per heavy atom. The number of aliphatic hydroxyl groups excluding tert-OH is 1. The van der Waals surface area contributed by atoms with Crippen LogP contribution in [0.2, 0.25) is 0 Å². The van der Waals surface area contributed by atoms with Gasteiger partial charge in [-0.15, -0.1) is 0 Å². The molecular weight excluding hydrogens is 496 g/mol. The lowest BCUT2D eigenvalue weighted by Crippen LogP contribution is -2.50. The third-order valence-electron chi connectivity index (χ3n) is 8.58. The maximum absolute atomic E-state index is 15.0. The summed E-state index contributed by atoms with van der Waals surface area (Å²) in [7, 11) is 0. The largest absolute Gasteiger partial charge is 0.490 e. The number of β-amino-alcohol motifs (C(OH)–C–C–N with tert-alkyl or cyclic N) is 1. The molecule has 1 N–H and O–H groups in total. The van der Waals surface area contributed by atoms with E-state index in [2.05, 4.69) is 14.8 Å². The highest BCUT2D eigenvalue weighted by atomic mass is 19.3. The minimum absolute atomic E-state index is 0.0450. The van der Waals surface area contributed by atoms with Crippen LogP contribution in [0.4, 0.5) is 8.78 Å². The van der Waals surface area contributed by atoms with Crippen LogP contribution in [0.3, 0.4) is 0 Å². The smallest absolute Gasteiger partial charge is 0.263 e. The van der Waals surface area contributed by atoms with E-state index < -0.39 is 23.9 Å². The summed E-state index contributed by atoms with van der Waals surface area (Å²) in [5, 5.41) is 11.7. The Kier molecular flexibility index (Phi) is 6.10. The van der Waals surface area contributed by atoms with E-state index in [1.54, 1.807) is 6.20 Å². The van der Waals surface area contributed by atoms with Crippen molar-refractivity contribution in [3.63, 3.8) is 0 Å². The molecule has 7 heteroatoms. The van der Waals surface area contributed by atoms with E-state index in [-0.39, 0.29) is 12.6 Å². The number of aliphatic hydroxyl groups is 1. The standard InChI is InChI=1S/C32H31F2N3O2/c33-32(34)29-22-7-1-3-9-24(22)31(25-10-4-2-8-23(25)30(29)32)37-17-15-36(16-18-37)19-21(38)20-39-28-13-5-12-27-26(28)11-6-14-35-27/h1-14,21,29-31,38H,15-20H2/t21?,29-,30?,31?/m0/s1. The summed E-state index contributed by atoms with van der Waals surface area (Å²) in [6, 6.07) is 25.1. The second-order valence-electron chi connectivity index (χ2n) is 10.9. The lowest BCUT2D eigenvalue weighted by atomic mass is 9.90. The number of fused-ring (bicyclic) bond motifs is 6. The molecule has 0 amide bonds. The zero-order valence-electron chi connectivity index (χ0n) is 21.6. The van der Waals surface area contributed by atoms with E-state index in [9.17, 15) is 13.9 Å². The van der Waals surface area contributed by atoms with E-state index in [0.717, 1.165) is 65.1 Å². The molecule has 1 saturated carbocycles. The van der Waals surface area contributed by atoms with Gasteiger partial charge in [-0.25, -0.2) is 8.78 Å². The lowest BCUT2D eigenvalue weighted by Gasteiger charge is -2.41. The van der Waals surface area contributed by atoms with Crippen LogP contribution in [0.1, 0.15) is 40.1 Å². The molecule has 0 bridgehead atoms. The number of ether oxygens (including phenoxy) is 1. The number of pyridine rings is 1. The van der Waals surface area contributed by atoms with Gasteiger partial charge in [-0.2, -0.15) is 0 Å². The molecule has 0 spiro atoms. The summed E-state index contributed by atoms with van der Waals surface area (Å²) in [6.45, 7) is 3.89. The minimum atomic E-state index is -2.70. The summed E-state index contributed by atoms with van der Waals surface area (Å²) in [5.74, 6) is -3.46. The predicted octanol–water partition coefficient (Wildman–Crippen LogP) is 5.21. The lowest BCUT2D eigenvalue weighted by molar-refractivity contribution is 0.0400. The number of alkyl halides is 2. The van der Waals surface area contributed by atoms with E-state index >= 15 is 0 Å². The highest BCUT2D eigenvalue weighted by Gasteiger charge is 2.71. The van der Waals surface area contributed by atoms with E-state index in [4.69, 9.17) is 4.74 Å². The van der Waals surface area contributed by atoms with Gasteiger partial charge in [0.25, 0.3) is 5.92 Å². The topological polar surface area (TPSA) is 48.8 Å². The summed E-state index contributed by atoms with van der Waals surface area (Å²) < 4.78 is 35.9. The zero-order chi connectivity index (χ0) is 26.6. The molecule has 39 heavy (non-hydrogen) atoms. The van der Waals surface area contributed by atoms with Crippen LogP contribution in [-0.2, 0) is 0 Å². The van der Waals surface area contributed by atoms with Crippen molar-refractivity contribution in [2.45, 2.75) is 29.9 Å². The van der Waals surface area contributed by atoms with Crippen molar-refractivity contribution in [3.8, 4) is 5.75 Å². The predicted molar refractivity (Wildman–Crippen MR) is 146 cm³/mol. The van der Waals surface area contributed by atoms with Crippen molar-refractivity contribution >= 4 is 10.9 Å². The molecule has 0 radical (unpaired) electrons. The van der Waals surface area contributed by atoms with E-state index in [1.807, 2.05) is 78.9 Å². The van der Waals surface area contributed by atoms with Crippen LogP contribution in [0.15, 0.2) is 85.1 Å². The normalized spacial score (nSPS) is 24.7. The molecule has 2 aliphatic carbocycles. The molecule has 200 valence electrons. The zero-order valence-corrected chi connectivity index (χ0v) is 21.6. The average Bonchev–Trinajstić information content (AvgIpc) is 3.58. The monoisotopic (exact) mass is 527 g/mol. The quantitative estimate of drug-likeness (QED) is 0.373. The molecular formula is C32H31F2N3O2. The third-order valence-corrected chi connectivity index (χ3v) is 8.58. The number of piperazine rings is 1. The third kappa shape index (κ3) is 4.29. The molecule has 3 unspecified atom stereocenters. The highest BCUT2D eigenvalue weighted by Crippen LogP contribution is 2.70. The number of rotatable bonds is 6. The minimum Gasteiger partial charge on any atom is -0.490 e. The molecule has 4 aromatic rings. The number of hydrogen-bond donors (Lipinski definition) is 1. The van der Waals surface area contributed by atoms with Crippen LogP contribution in [0, 0.1) is 0 Å². The Hall–Kier alpha value is -3.39. The summed E-state index contributed by atoms with van der Waals surface area (Å²) in [6.07, 6.45) is 1.13. The molecule has 2 fully saturated rings. The van der Waals surface area contributed by atoms with Gasteiger partial charge in [0.15, 0.2) is 0 Å². The van der Waals surface area contributed by atoms with Gasteiger partial charge < -0.3 is 9.84 Å². The Labute approximate surface area is 226 Å². The van der Waals surface area contributed by atoms with Gasteiger partial charge in [0.1, 0.15) is 18.5 Å². The number of halogens is 2. The van der Waals surface area contributed by atoms with Crippen LogP contribution in [0.5, 0.6) is 5.75 Å². The van der Waals surface area contributed by atoms with Crippen molar-refractivity contribution < 1.29 is 18.6 Å². The fourth-order valence-electron chi connectivity index (χ4n) is 6.69. The van der Waals surface area contributed by atoms with Crippen molar-refractivity contribution in [2.75, 3.05) is 39.3 Å². The fraction of sp³-hybridized carbons (Fsp3) is 0.344. The number of benzene rings is 3. The summed E-state index contributed by atoms with van der Waals surface area (Å²) in [5.41, 5.74) is 4.44. The van der Waals surface area contributed by atoms with Gasteiger partial charge in [0.05, 0.1) is 23.4 Å². The Bertz CT molecular complexity index is 1440. The second kappa shape index (κ2) is 9.66. The molecule has 1 saturated heterocycles. The van der Waals surface area contributed by atoms with Gasteiger partial charge in [-0.3, -0.25) is 14.8 Å². The van der Waals surface area contributed by atoms with Gasteiger partial charge >= 0.3 is 0 Å². The van der Waals surface area contributed by atoms with Crippen molar-refractivity contribution in [3.05, 3.63) is 107 Å². The molecule has 5 nitrogen and oxygen atoms in total. The second-order valence-corrected chi connectivity index (χ2v) is 10.9. The van der Waals surface area contributed by atoms with E-state index in [1.165, 1.54) is 0 Å². The van der Waals surface area contributed by atoms with Crippen molar-refractivity contribution in [1.82, 2.24) is 14.8 Å². The van der Waals surface area contributed by atoms with Crippen molar-refractivity contribution in [2.24, 2.45) is 0 Å². The Balaban J connectivity index is 1.04. The van der Waals surface area contributed by atoms with Gasteiger partial charge in [0, 0.05) is 44.3 Å². The average molecular weight is 528 g/mol. The maximum atomic E-state index is 15.0. The first kappa shape index (κ1) is 24.6. The first-order valence-electron chi connectivity index (χ1n) is 13.7. The molecule has 3 aromatic carbocycles. The van der Waals surface area contributed by atoms with Crippen LogP contribution < -0.4 is 4.74 Å². The molecule has 1 aromatic heterocycles. The number of aromatic nitrogens is 1. The number of nitrogens with zero attached hydrogens (tertiary/aromatic N) is 3. The highest BCUT2D eigenvalue weighted by molar-refractivity contribution is 5.84. The molecule has 2 heterocycles. The number of hydrogen-bond acceptors (Lipinski definition) is 5. The van der Waals surface area contributed by atoms with E-state index in [0.29, 0.717) is 6.54 Å². The van der Waals surface area contributed by atoms with Crippen molar-refractivity contribution in [1.29, 1.82) is 0 Å². The van der Waals surface area contributed by atoms with Gasteiger partial charge in [-0.1, -0.05) is 54.6 Å². The van der Waals surface area contributed by atoms with Gasteiger partial charge in [0.2, 0.25) is 0 Å². The van der Waals surface area contributed by atoms with Crippen LogP contribution in [-0.4, -0.2) is 71.2 Å². The molecule has 7 rings (SSSR count). The first-order chi connectivity index (χ1) is 19.0.